The second-order valence-electron chi connectivity index (χ2n) is 6.55. The molecule has 2 heterocycles. The van der Waals surface area contributed by atoms with E-state index in [4.69, 9.17) is 4.74 Å². The summed E-state index contributed by atoms with van der Waals surface area (Å²) < 4.78 is 8.05. The fourth-order valence-corrected chi connectivity index (χ4v) is 3.55. The topological polar surface area (TPSA) is 26.2 Å². The van der Waals surface area contributed by atoms with Crippen LogP contribution < -0.4 is 5.32 Å². The summed E-state index contributed by atoms with van der Waals surface area (Å²) in [6.45, 7) is 3.66. The number of para-hydroxylation sites is 1. The van der Waals surface area contributed by atoms with E-state index in [2.05, 4.69) is 70.7 Å². The highest BCUT2D eigenvalue weighted by atomic mass is 16.5. The van der Waals surface area contributed by atoms with Gasteiger partial charge < -0.3 is 14.6 Å². The summed E-state index contributed by atoms with van der Waals surface area (Å²) in [6.07, 6.45) is 5.06. The molecular weight excluding hydrogens is 296 g/mol. The molecule has 1 fully saturated rings. The van der Waals surface area contributed by atoms with Gasteiger partial charge in [0.1, 0.15) is 0 Å². The molecule has 1 aliphatic rings. The maximum absolute atomic E-state index is 5.69. The fourth-order valence-electron chi connectivity index (χ4n) is 3.55. The monoisotopic (exact) mass is 320 g/mol. The van der Waals surface area contributed by atoms with Gasteiger partial charge in [-0.05, 0) is 30.0 Å². The van der Waals surface area contributed by atoms with E-state index in [9.17, 15) is 0 Å². The van der Waals surface area contributed by atoms with Crippen LogP contribution in [0.15, 0.2) is 60.8 Å². The van der Waals surface area contributed by atoms with Gasteiger partial charge in [-0.15, -0.1) is 0 Å². The number of aromatic nitrogens is 1. The summed E-state index contributed by atoms with van der Waals surface area (Å²) in [5.41, 5.74) is 3.99. The number of hydrogen-bond donors (Lipinski definition) is 1. The zero-order valence-electron chi connectivity index (χ0n) is 13.9. The van der Waals surface area contributed by atoms with Gasteiger partial charge in [-0.3, -0.25) is 0 Å². The zero-order valence-corrected chi connectivity index (χ0v) is 13.9. The molecule has 124 valence electrons. The van der Waals surface area contributed by atoms with Crippen molar-refractivity contribution in [3.05, 3.63) is 71.9 Å². The van der Waals surface area contributed by atoms with Crippen molar-refractivity contribution in [2.75, 3.05) is 13.2 Å². The zero-order chi connectivity index (χ0) is 16.2. The van der Waals surface area contributed by atoms with Gasteiger partial charge in [-0.1, -0.05) is 48.5 Å². The Bertz CT molecular complexity index is 788. The molecule has 0 spiro atoms. The molecule has 0 radical (unpaired) electrons. The molecule has 1 N–H and O–H groups in total. The third-order valence-corrected chi connectivity index (χ3v) is 4.78. The summed E-state index contributed by atoms with van der Waals surface area (Å²) in [6, 6.07) is 19.3. The predicted molar refractivity (Wildman–Crippen MR) is 98.2 cm³/mol. The first-order valence-electron chi connectivity index (χ1n) is 8.83. The molecule has 3 nitrogen and oxygen atoms in total. The molecule has 4 rings (SSSR count). The van der Waals surface area contributed by atoms with Crippen LogP contribution in [0.4, 0.5) is 0 Å². The van der Waals surface area contributed by atoms with Crippen LogP contribution in [0.2, 0.25) is 0 Å². The Hall–Kier alpha value is -2.10. The molecule has 1 saturated heterocycles. The lowest BCUT2D eigenvalue weighted by molar-refractivity contribution is 0.110. The van der Waals surface area contributed by atoms with Crippen molar-refractivity contribution in [1.82, 2.24) is 9.88 Å². The Balaban J connectivity index is 1.52. The Morgan fingerprint density at radius 3 is 2.71 bits per heavy atom. The SMILES string of the molecule is c1ccc(Cn2cc(CNC[C@@H]3CCCO3)c3ccccc32)cc1. The molecule has 1 atom stereocenters. The standard InChI is InChI=1S/C21H24N2O/c1-2-7-17(8-3-1)15-23-16-18(20-10-4-5-11-21(20)23)13-22-14-19-9-6-12-24-19/h1-5,7-8,10-11,16,19,22H,6,9,12-15H2/t19-/m0/s1. The van der Waals surface area contributed by atoms with E-state index in [0.29, 0.717) is 6.10 Å². The molecule has 0 amide bonds. The average Bonchev–Trinajstić information content (AvgIpc) is 3.25. The van der Waals surface area contributed by atoms with Crippen LogP contribution in [0.3, 0.4) is 0 Å². The Morgan fingerprint density at radius 1 is 1.04 bits per heavy atom. The number of hydrogen-bond acceptors (Lipinski definition) is 2. The molecule has 2 aromatic carbocycles. The van der Waals surface area contributed by atoms with Crippen LogP contribution in [0, 0.1) is 0 Å². The van der Waals surface area contributed by atoms with Crippen molar-refractivity contribution in [1.29, 1.82) is 0 Å². The predicted octanol–water partition coefficient (Wildman–Crippen LogP) is 3.96. The van der Waals surface area contributed by atoms with Crippen LogP contribution >= 0.6 is 0 Å². The van der Waals surface area contributed by atoms with E-state index >= 15 is 0 Å². The van der Waals surface area contributed by atoms with Gasteiger partial charge in [0.05, 0.1) is 6.10 Å². The molecule has 0 saturated carbocycles. The average molecular weight is 320 g/mol. The van der Waals surface area contributed by atoms with E-state index in [1.807, 2.05) is 0 Å². The van der Waals surface area contributed by atoms with Gasteiger partial charge in [0.15, 0.2) is 0 Å². The van der Waals surface area contributed by atoms with Crippen LogP contribution in [-0.2, 0) is 17.8 Å². The summed E-state index contributed by atoms with van der Waals surface area (Å²) >= 11 is 0. The van der Waals surface area contributed by atoms with E-state index in [0.717, 1.165) is 26.2 Å². The largest absolute Gasteiger partial charge is 0.377 e. The number of fused-ring (bicyclic) bond motifs is 1. The Morgan fingerprint density at radius 2 is 1.88 bits per heavy atom. The quantitative estimate of drug-likeness (QED) is 0.744. The number of nitrogens with one attached hydrogen (secondary N) is 1. The summed E-state index contributed by atoms with van der Waals surface area (Å²) in [4.78, 5) is 0. The van der Waals surface area contributed by atoms with E-state index in [1.54, 1.807) is 0 Å². The van der Waals surface area contributed by atoms with Crippen LogP contribution in [0.5, 0.6) is 0 Å². The lowest BCUT2D eigenvalue weighted by atomic mass is 10.1. The highest BCUT2D eigenvalue weighted by molar-refractivity contribution is 5.84. The van der Waals surface area contributed by atoms with Crippen molar-refractivity contribution in [2.45, 2.75) is 32.0 Å². The minimum atomic E-state index is 0.391. The lowest BCUT2D eigenvalue weighted by Crippen LogP contribution is -2.25. The second-order valence-corrected chi connectivity index (χ2v) is 6.55. The Kier molecular flexibility index (Phi) is 4.63. The molecule has 3 heteroatoms. The first-order valence-corrected chi connectivity index (χ1v) is 8.83. The van der Waals surface area contributed by atoms with Crippen LogP contribution in [0.1, 0.15) is 24.0 Å². The first kappa shape index (κ1) is 15.4. The number of ether oxygens (including phenoxy) is 1. The normalized spacial score (nSPS) is 17.6. The van der Waals surface area contributed by atoms with E-state index in [-0.39, 0.29) is 0 Å². The summed E-state index contributed by atoms with van der Waals surface area (Å²) in [7, 11) is 0. The van der Waals surface area contributed by atoms with Gasteiger partial charge in [0, 0.05) is 43.3 Å². The molecule has 3 aromatic rings. The van der Waals surface area contributed by atoms with Crippen molar-refractivity contribution >= 4 is 10.9 Å². The number of benzene rings is 2. The van der Waals surface area contributed by atoms with Crippen molar-refractivity contribution in [3.63, 3.8) is 0 Å². The van der Waals surface area contributed by atoms with Crippen LogP contribution in [0.25, 0.3) is 10.9 Å². The summed E-state index contributed by atoms with van der Waals surface area (Å²) in [5.74, 6) is 0. The Labute approximate surface area is 143 Å². The molecule has 0 aliphatic carbocycles. The summed E-state index contributed by atoms with van der Waals surface area (Å²) in [5, 5.41) is 4.92. The van der Waals surface area contributed by atoms with Gasteiger partial charge in [-0.2, -0.15) is 0 Å². The lowest BCUT2D eigenvalue weighted by Gasteiger charge is -2.10. The minimum Gasteiger partial charge on any atom is -0.377 e. The van der Waals surface area contributed by atoms with Gasteiger partial charge in [0.25, 0.3) is 0 Å². The van der Waals surface area contributed by atoms with Crippen molar-refractivity contribution in [3.8, 4) is 0 Å². The van der Waals surface area contributed by atoms with Gasteiger partial charge in [0.2, 0.25) is 0 Å². The van der Waals surface area contributed by atoms with Gasteiger partial charge in [-0.25, -0.2) is 0 Å². The number of nitrogens with zero attached hydrogens (tertiary/aromatic N) is 1. The second kappa shape index (κ2) is 7.20. The molecule has 0 bridgehead atoms. The van der Waals surface area contributed by atoms with Crippen molar-refractivity contribution in [2.24, 2.45) is 0 Å². The molecule has 24 heavy (non-hydrogen) atoms. The maximum Gasteiger partial charge on any atom is 0.0700 e. The number of rotatable bonds is 6. The molecular formula is C21H24N2O. The smallest absolute Gasteiger partial charge is 0.0700 e. The third kappa shape index (κ3) is 3.37. The molecule has 0 unspecified atom stereocenters. The minimum absolute atomic E-state index is 0.391. The maximum atomic E-state index is 5.69. The van der Waals surface area contributed by atoms with Gasteiger partial charge >= 0.3 is 0 Å². The first-order chi connectivity index (χ1) is 11.9. The molecule has 1 aromatic heterocycles. The van der Waals surface area contributed by atoms with Crippen molar-refractivity contribution < 1.29 is 4.74 Å². The highest BCUT2D eigenvalue weighted by Gasteiger charge is 2.15. The molecule has 1 aliphatic heterocycles. The third-order valence-electron chi connectivity index (χ3n) is 4.78. The van der Waals surface area contributed by atoms with Crippen LogP contribution in [-0.4, -0.2) is 23.8 Å². The highest BCUT2D eigenvalue weighted by Crippen LogP contribution is 2.22. The van der Waals surface area contributed by atoms with E-state index < -0.39 is 0 Å². The fraction of sp³-hybridized carbons (Fsp3) is 0.333. The van der Waals surface area contributed by atoms with E-state index in [1.165, 1.54) is 34.9 Å².